The number of halogens is 2. The number of carbonyl (C=O) groups excluding carboxylic acids is 1. The molecule has 0 unspecified atom stereocenters. The minimum Gasteiger partial charge on any atom is -0.493 e. The Kier molecular flexibility index (Phi) is 5.74. The number of amides is 1. The van der Waals surface area contributed by atoms with E-state index in [-0.39, 0.29) is 5.76 Å². The van der Waals surface area contributed by atoms with Crippen molar-refractivity contribution < 1.29 is 13.9 Å². The fourth-order valence-corrected chi connectivity index (χ4v) is 3.29. The molecule has 0 fully saturated rings. The molecule has 25 heavy (non-hydrogen) atoms. The lowest BCUT2D eigenvalue weighted by Crippen LogP contribution is -2.16. The number of rotatable bonds is 5. The van der Waals surface area contributed by atoms with Gasteiger partial charge in [0, 0.05) is 9.86 Å². The van der Waals surface area contributed by atoms with E-state index in [1.807, 2.05) is 37.3 Å². The van der Waals surface area contributed by atoms with Crippen molar-refractivity contribution >= 4 is 61.6 Å². The van der Waals surface area contributed by atoms with Crippen molar-refractivity contribution in [2.45, 2.75) is 6.92 Å². The number of benzene rings is 2. The second kappa shape index (κ2) is 8.01. The summed E-state index contributed by atoms with van der Waals surface area (Å²) in [4.78, 5) is 12.1. The standard InChI is InChI=1S/C18H14BrIN2O3/c1-2-24-16-5-3-11(7-14(16)20)10-21-22-18(23)17-9-12-8-13(19)4-6-15(12)25-17/h3-10H,2H2,1H3,(H,22,23)/b21-10+. The maximum Gasteiger partial charge on any atom is 0.307 e. The Labute approximate surface area is 166 Å². The van der Waals surface area contributed by atoms with Crippen molar-refractivity contribution in [1.29, 1.82) is 0 Å². The summed E-state index contributed by atoms with van der Waals surface area (Å²) in [6.07, 6.45) is 1.58. The Bertz CT molecular complexity index is 953. The van der Waals surface area contributed by atoms with Crippen LogP contribution in [0.3, 0.4) is 0 Å². The van der Waals surface area contributed by atoms with Crippen molar-refractivity contribution in [2.75, 3.05) is 6.61 Å². The third-order valence-corrected chi connectivity index (χ3v) is 4.67. The molecule has 7 heteroatoms. The van der Waals surface area contributed by atoms with Crippen molar-refractivity contribution in [2.24, 2.45) is 5.10 Å². The van der Waals surface area contributed by atoms with Crippen molar-refractivity contribution in [1.82, 2.24) is 5.43 Å². The van der Waals surface area contributed by atoms with Crippen LogP contribution in [0.1, 0.15) is 23.0 Å². The zero-order valence-corrected chi connectivity index (χ0v) is 17.0. The topological polar surface area (TPSA) is 63.8 Å². The molecule has 0 radical (unpaired) electrons. The highest BCUT2D eigenvalue weighted by Crippen LogP contribution is 2.23. The van der Waals surface area contributed by atoms with Crippen LogP contribution in [0, 0.1) is 3.57 Å². The molecule has 3 rings (SSSR count). The fraction of sp³-hybridized carbons (Fsp3) is 0.111. The first-order valence-electron chi connectivity index (χ1n) is 7.51. The predicted octanol–water partition coefficient (Wildman–Crippen LogP) is 4.96. The van der Waals surface area contributed by atoms with Crippen LogP contribution < -0.4 is 10.2 Å². The molecule has 1 N–H and O–H groups in total. The first-order valence-corrected chi connectivity index (χ1v) is 9.39. The Morgan fingerprint density at radius 1 is 1.32 bits per heavy atom. The summed E-state index contributed by atoms with van der Waals surface area (Å²) in [5.74, 6) is 0.647. The Morgan fingerprint density at radius 2 is 2.16 bits per heavy atom. The van der Waals surface area contributed by atoms with Crippen LogP contribution in [0.4, 0.5) is 0 Å². The van der Waals surface area contributed by atoms with E-state index in [2.05, 4.69) is 49.0 Å². The average molecular weight is 513 g/mol. The van der Waals surface area contributed by atoms with Gasteiger partial charge in [0.15, 0.2) is 5.76 Å². The van der Waals surface area contributed by atoms with Crippen LogP contribution in [0.2, 0.25) is 0 Å². The zero-order valence-electron chi connectivity index (χ0n) is 13.3. The van der Waals surface area contributed by atoms with Crippen LogP contribution >= 0.6 is 38.5 Å². The molecule has 0 spiro atoms. The molecule has 0 saturated heterocycles. The molecule has 2 aromatic carbocycles. The minimum atomic E-state index is -0.399. The number of fused-ring (bicyclic) bond motifs is 1. The molecule has 5 nitrogen and oxygen atoms in total. The van der Waals surface area contributed by atoms with E-state index < -0.39 is 5.91 Å². The smallest absolute Gasteiger partial charge is 0.307 e. The predicted molar refractivity (Wildman–Crippen MR) is 109 cm³/mol. The van der Waals surface area contributed by atoms with E-state index in [0.29, 0.717) is 12.2 Å². The van der Waals surface area contributed by atoms with E-state index in [4.69, 9.17) is 9.15 Å². The maximum atomic E-state index is 12.1. The van der Waals surface area contributed by atoms with E-state index in [1.54, 1.807) is 18.3 Å². The summed E-state index contributed by atoms with van der Waals surface area (Å²) in [7, 11) is 0. The van der Waals surface area contributed by atoms with Gasteiger partial charge >= 0.3 is 5.91 Å². The van der Waals surface area contributed by atoms with Crippen molar-refractivity contribution in [3.8, 4) is 5.75 Å². The summed E-state index contributed by atoms with van der Waals surface area (Å²) in [5, 5.41) is 4.84. The molecule has 1 amide bonds. The van der Waals surface area contributed by atoms with Gasteiger partial charge in [-0.15, -0.1) is 0 Å². The summed E-state index contributed by atoms with van der Waals surface area (Å²) in [6, 6.07) is 12.9. The van der Waals surface area contributed by atoms with Crippen LogP contribution in [0.5, 0.6) is 5.75 Å². The van der Waals surface area contributed by atoms with Gasteiger partial charge in [-0.2, -0.15) is 5.10 Å². The number of nitrogens with one attached hydrogen (secondary N) is 1. The van der Waals surface area contributed by atoms with Gasteiger partial charge < -0.3 is 9.15 Å². The first-order chi connectivity index (χ1) is 12.1. The van der Waals surface area contributed by atoms with E-state index in [1.165, 1.54) is 0 Å². The molecular weight excluding hydrogens is 499 g/mol. The van der Waals surface area contributed by atoms with E-state index in [0.717, 1.165) is 24.7 Å². The SMILES string of the molecule is CCOc1ccc(/C=N/NC(=O)c2cc3cc(Br)ccc3o2)cc1I. The van der Waals surface area contributed by atoms with Crippen LogP contribution in [0.25, 0.3) is 11.0 Å². The summed E-state index contributed by atoms with van der Waals surface area (Å²) in [6.45, 7) is 2.56. The lowest BCUT2D eigenvalue weighted by atomic mass is 10.2. The molecule has 0 atom stereocenters. The quantitative estimate of drug-likeness (QED) is 0.298. The molecule has 0 aliphatic heterocycles. The second-order valence-electron chi connectivity index (χ2n) is 5.11. The molecule has 0 saturated carbocycles. The number of hydrogen-bond donors (Lipinski definition) is 1. The third kappa shape index (κ3) is 4.40. The van der Waals surface area contributed by atoms with Gasteiger partial charge in [-0.25, -0.2) is 5.43 Å². The number of hydrogen-bond acceptors (Lipinski definition) is 4. The number of ether oxygens (including phenoxy) is 1. The lowest BCUT2D eigenvalue weighted by molar-refractivity contribution is 0.0929. The monoisotopic (exact) mass is 512 g/mol. The minimum absolute atomic E-state index is 0.214. The Balaban J connectivity index is 1.68. The Hall–Kier alpha value is -1.87. The highest BCUT2D eigenvalue weighted by atomic mass is 127. The summed E-state index contributed by atoms with van der Waals surface area (Å²) < 4.78 is 12.9. The fourth-order valence-electron chi connectivity index (χ4n) is 2.22. The average Bonchev–Trinajstić information content (AvgIpc) is 3.00. The summed E-state index contributed by atoms with van der Waals surface area (Å²) in [5.41, 5.74) is 3.99. The van der Waals surface area contributed by atoms with Gasteiger partial charge in [0.05, 0.1) is 16.4 Å². The van der Waals surface area contributed by atoms with Crippen LogP contribution in [-0.4, -0.2) is 18.7 Å². The van der Waals surface area contributed by atoms with Gasteiger partial charge in [-0.05, 0) is 77.5 Å². The van der Waals surface area contributed by atoms with Gasteiger partial charge in [-0.3, -0.25) is 4.79 Å². The van der Waals surface area contributed by atoms with Crippen molar-refractivity contribution in [3.63, 3.8) is 0 Å². The van der Waals surface area contributed by atoms with Gasteiger partial charge in [-0.1, -0.05) is 15.9 Å². The number of hydrazone groups is 1. The van der Waals surface area contributed by atoms with E-state index >= 15 is 0 Å². The van der Waals surface area contributed by atoms with Gasteiger partial charge in [0.25, 0.3) is 0 Å². The van der Waals surface area contributed by atoms with Crippen molar-refractivity contribution in [3.05, 3.63) is 61.8 Å². The number of furan rings is 1. The van der Waals surface area contributed by atoms with Crippen LogP contribution in [-0.2, 0) is 0 Å². The maximum absolute atomic E-state index is 12.1. The molecule has 1 aromatic heterocycles. The third-order valence-electron chi connectivity index (χ3n) is 3.34. The molecular formula is C18H14BrIN2O3. The number of carbonyl (C=O) groups is 1. The Morgan fingerprint density at radius 3 is 2.92 bits per heavy atom. The second-order valence-corrected chi connectivity index (χ2v) is 7.19. The molecule has 0 aliphatic carbocycles. The molecule has 128 valence electrons. The van der Waals surface area contributed by atoms with Crippen LogP contribution in [0.15, 0.2) is 56.5 Å². The van der Waals surface area contributed by atoms with E-state index in [9.17, 15) is 4.79 Å². The van der Waals surface area contributed by atoms with Gasteiger partial charge in [0.2, 0.25) is 0 Å². The highest BCUT2D eigenvalue weighted by Gasteiger charge is 2.11. The largest absolute Gasteiger partial charge is 0.493 e. The zero-order chi connectivity index (χ0) is 17.8. The summed E-state index contributed by atoms with van der Waals surface area (Å²) >= 11 is 5.59. The molecule has 0 aliphatic rings. The molecule has 3 aromatic rings. The first kappa shape index (κ1) is 17.9. The molecule has 1 heterocycles. The molecule has 0 bridgehead atoms. The highest BCUT2D eigenvalue weighted by molar-refractivity contribution is 14.1. The van der Waals surface area contributed by atoms with Gasteiger partial charge in [0.1, 0.15) is 11.3 Å². The normalized spacial score (nSPS) is 11.2. The lowest BCUT2D eigenvalue weighted by Gasteiger charge is -2.05. The number of nitrogens with zero attached hydrogens (tertiary/aromatic N) is 1.